The first kappa shape index (κ1) is 21.1. The van der Waals surface area contributed by atoms with Gasteiger partial charge in [-0.15, -0.1) is 0 Å². The predicted molar refractivity (Wildman–Crippen MR) is 119 cm³/mol. The summed E-state index contributed by atoms with van der Waals surface area (Å²) in [4.78, 5) is 11.5. The Morgan fingerprint density at radius 3 is 2.60 bits per heavy atom. The van der Waals surface area contributed by atoms with E-state index in [1.165, 1.54) is 44.9 Å². The number of aromatic nitrogens is 2. The highest BCUT2D eigenvalue weighted by Gasteiger charge is 2.16. The van der Waals surface area contributed by atoms with Crippen LogP contribution in [0.25, 0.3) is 10.9 Å². The number of methoxy groups -OCH3 is 1. The molecule has 2 fully saturated rings. The largest absolute Gasteiger partial charge is 0.492 e. The molecule has 1 saturated heterocycles. The van der Waals surface area contributed by atoms with Crippen molar-refractivity contribution >= 4 is 16.7 Å². The third-order valence-corrected chi connectivity index (χ3v) is 6.06. The Labute approximate surface area is 179 Å². The number of ether oxygens (including phenoxy) is 3. The molecule has 0 amide bonds. The number of hydrogen-bond acceptors (Lipinski definition) is 7. The minimum atomic E-state index is 0.400. The van der Waals surface area contributed by atoms with Gasteiger partial charge in [-0.25, -0.2) is 0 Å². The molecule has 4 rings (SSSR count). The van der Waals surface area contributed by atoms with E-state index in [-0.39, 0.29) is 0 Å². The lowest BCUT2D eigenvalue weighted by molar-refractivity contribution is 0.0322. The second kappa shape index (κ2) is 10.8. The van der Waals surface area contributed by atoms with Gasteiger partial charge < -0.3 is 19.5 Å². The summed E-state index contributed by atoms with van der Waals surface area (Å²) in [5.74, 6) is 1.70. The molecular formula is C23H34N4O3. The third kappa shape index (κ3) is 5.73. The van der Waals surface area contributed by atoms with E-state index in [1.54, 1.807) is 7.11 Å². The maximum atomic E-state index is 6.06. The van der Waals surface area contributed by atoms with Crippen molar-refractivity contribution < 1.29 is 14.2 Å². The zero-order valence-electron chi connectivity index (χ0n) is 18.1. The zero-order valence-corrected chi connectivity index (χ0v) is 18.1. The number of fused-ring (bicyclic) bond motifs is 1. The molecule has 164 valence electrons. The smallest absolute Gasteiger partial charge is 0.318 e. The van der Waals surface area contributed by atoms with Crippen molar-refractivity contribution in [1.29, 1.82) is 0 Å². The van der Waals surface area contributed by atoms with E-state index in [4.69, 9.17) is 14.2 Å². The topological polar surface area (TPSA) is 68.7 Å². The first-order valence-electron chi connectivity index (χ1n) is 11.4. The quantitative estimate of drug-likeness (QED) is 0.737. The second-order valence-electron chi connectivity index (χ2n) is 8.23. The molecule has 2 heterocycles. The Morgan fingerprint density at radius 1 is 1.07 bits per heavy atom. The maximum absolute atomic E-state index is 6.06. The van der Waals surface area contributed by atoms with E-state index in [0.717, 1.165) is 55.3 Å². The Kier molecular flexibility index (Phi) is 7.59. The summed E-state index contributed by atoms with van der Waals surface area (Å²) >= 11 is 0. The van der Waals surface area contributed by atoms with Crippen LogP contribution in [0, 0.1) is 0 Å². The summed E-state index contributed by atoms with van der Waals surface area (Å²) in [6.07, 6.45) is 8.93. The Balaban J connectivity index is 1.48. The summed E-state index contributed by atoms with van der Waals surface area (Å²) in [5.41, 5.74) is 0.871. The van der Waals surface area contributed by atoms with E-state index >= 15 is 0 Å². The summed E-state index contributed by atoms with van der Waals surface area (Å²) < 4.78 is 16.8. The summed E-state index contributed by atoms with van der Waals surface area (Å²) in [6.45, 7) is 5.15. The molecule has 7 heteroatoms. The van der Waals surface area contributed by atoms with Crippen molar-refractivity contribution in [3.63, 3.8) is 0 Å². The van der Waals surface area contributed by atoms with Crippen molar-refractivity contribution in [3.05, 3.63) is 18.2 Å². The number of benzene rings is 1. The standard InChI is InChI=1S/C23H34N4O3/c1-28-23-25-21-10-9-19(30-16-13-27-11-14-29-15-12-27)17-20(21)22(26-23)24-18-7-5-3-2-4-6-8-18/h9-10,17-18H,2-8,11-16H2,1H3,(H,24,25,26). The van der Waals surface area contributed by atoms with Crippen LogP contribution in [0.15, 0.2) is 18.2 Å². The highest BCUT2D eigenvalue weighted by Crippen LogP contribution is 2.29. The highest BCUT2D eigenvalue weighted by molar-refractivity contribution is 5.90. The molecule has 0 atom stereocenters. The average molecular weight is 415 g/mol. The number of nitrogens with one attached hydrogen (secondary N) is 1. The normalized spacial score (nSPS) is 19.2. The van der Waals surface area contributed by atoms with Gasteiger partial charge in [0, 0.05) is 31.1 Å². The summed E-state index contributed by atoms with van der Waals surface area (Å²) in [6, 6.07) is 6.87. The zero-order chi connectivity index (χ0) is 20.6. The van der Waals surface area contributed by atoms with Crippen molar-refractivity contribution in [2.75, 3.05) is 51.9 Å². The molecule has 1 aromatic carbocycles. The molecule has 1 aliphatic carbocycles. The minimum Gasteiger partial charge on any atom is -0.492 e. The lowest BCUT2D eigenvalue weighted by atomic mass is 9.96. The fraction of sp³-hybridized carbons (Fsp3) is 0.652. The molecule has 0 spiro atoms. The number of nitrogens with zero attached hydrogens (tertiary/aromatic N) is 3. The van der Waals surface area contributed by atoms with E-state index < -0.39 is 0 Å². The van der Waals surface area contributed by atoms with E-state index in [2.05, 4.69) is 26.3 Å². The van der Waals surface area contributed by atoms with Crippen LogP contribution < -0.4 is 14.8 Å². The van der Waals surface area contributed by atoms with E-state index in [1.807, 2.05) is 12.1 Å². The molecule has 30 heavy (non-hydrogen) atoms. The first-order chi connectivity index (χ1) is 14.8. The molecule has 1 saturated carbocycles. The third-order valence-electron chi connectivity index (χ3n) is 6.06. The van der Waals surface area contributed by atoms with Crippen LogP contribution in [0.3, 0.4) is 0 Å². The van der Waals surface area contributed by atoms with Crippen LogP contribution in [0.4, 0.5) is 5.82 Å². The van der Waals surface area contributed by atoms with Crippen molar-refractivity contribution in [1.82, 2.24) is 14.9 Å². The Hall–Kier alpha value is -2.12. The van der Waals surface area contributed by atoms with Gasteiger partial charge >= 0.3 is 6.01 Å². The van der Waals surface area contributed by atoms with Crippen LogP contribution >= 0.6 is 0 Å². The van der Waals surface area contributed by atoms with Crippen LogP contribution in [-0.2, 0) is 4.74 Å². The summed E-state index contributed by atoms with van der Waals surface area (Å²) in [7, 11) is 1.61. The fourth-order valence-corrected chi connectivity index (χ4v) is 4.29. The number of rotatable bonds is 7. The van der Waals surface area contributed by atoms with Gasteiger partial charge in [0.1, 0.15) is 18.2 Å². The fourth-order valence-electron chi connectivity index (χ4n) is 4.29. The van der Waals surface area contributed by atoms with E-state index in [0.29, 0.717) is 18.7 Å². The van der Waals surface area contributed by atoms with Gasteiger partial charge in [0.15, 0.2) is 0 Å². The molecule has 1 aromatic heterocycles. The second-order valence-corrected chi connectivity index (χ2v) is 8.23. The van der Waals surface area contributed by atoms with Crippen molar-refractivity contribution in [2.24, 2.45) is 0 Å². The molecule has 1 aliphatic heterocycles. The molecular weight excluding hydrogens is 380 g/mol. The molecule has 7 nitrogen and oxygen atoms in total. The molecule has 0 bridgehead atoms. The van der Waals surface area contributed by atoms with E-state index in [9.17, 15) is 0 Å². The van der Waals surface area contributed by atoms with Crippen LogP contribution in [-0.4, -0.2) is 67.5 Å². The van der Waals surface area contributed by atoms with Gasteiger partial charge in [0.25, 0.3) is 0 Å². The van der Waals surface area contributed by atoms with Gasteiger partial charge in [-0.2, -0.15) is 9.97 Å². The first-order valence-corrected chi connectivity index (χ1v) is 11.4. The van der Waals surface area contributed by atoms with Crippen LogP contribution in [0.2, 0.25) is 0 Å². The van der Waals surface area contributed by atoms with Gasteiger partial charge in [0.2, 0.25) is 0 Å². The van der Waals surface area contributed by atoms with Crippen LogP contribution in [0.5, 0.6) is 11.8 Å². The highest BCUT2D eigenvalue weighted by atomic mass is 16.5. The Morgan fingerprint density at radius 2 is 1.83 bits per heavy atom. The molecule has 0 radical (unpaired) electrons. The SMILES string of the molecule is COc1nc(NC2CCCCCCC2)c2cc(OCCN3CCOCC3)ccc2n1. The monoisotopic (exact) mass is 414 g/mol. The van der Waals surface area contributed by atoms with Gasteiger partial charge in [-0.1, -0.05) is 32.1 Å². The Bertz CT molecular complexity index is 802. The number of hydrogen-bond donors (Lipinski definition) is 1. The lowest BCUT2D eigenvalue weighted by Crippen LogP contribution is -2.38. The molecule has 2 aromatic rings. The van der Waals surface area contributed by atoms with Gasteiger partial charge in [-0.05, 0) is 31.0 Å². The molecule has 1 N–H and O–H groups in total. The number of morpholine rings is 1. The maximum Gasteiger partial charge on any atom is 0.318 e. The minimum absolute atomic E-state index is 0.400. The van der Waals surface area contributed by atoms with Crippen molar-refractivity contribution in [3.8, 4) is 11.8 Å². The average Bonchev–Trinajstić information content (AvgIpc) is 2.76. The predicted octanol–water partition coefficient (Wildman–Crippen LogP) is 3.87. The van der Waals surface area contributed by atoms with Gasteiger partial charge in [-0.3, -0.25) is 4.90 Å². The molecule has 0 unspecified atom stereocenters. The lowest BCUT2D eigenvalue weighted by Gasteiger charge is -2.26. The molecule has 2 aliphatic rings. The van der Waals surface area contributed by atoms with Crippen molar-refractivity contribution in [2.45, 2.75) is 51.0 Å². The van der Waals surface area contributed by atoms with Gasteiger partial charge in [0.05, 0.1) is 25.8 Å². The number of anilines is 1. The summed E-state index contributed by atoms with van der Waals surface area (Å²) in [5, 5.41) is 4.68. The van der Waals surface area contributed by atoms with Crippen LogP contribution in [0.1, 0.15) is 44.9 Å².